The van der Waals surface area contributed by atoms with E-state index in [9.17, 15) is 4.79 Å². The maximum Gasteiger partial charge on any atom is 0.251 e. The number of ether oxygens (including phenoxy) is 2. The van der Waals surface area contributed by atoms with Crippen LogP contribution in [0.15, 0.2) is 54.7 Å². The SMILES string of the molecule is COc1ccc2c(c1)OC[C@H](CNC(=O)c1cccc3ncccc13)C2. The van der Waals surface area contributed by atoms with E-state index in [1.807, 2.05) is 48.5 Å². The second-order valence-electron chi connectivity index (χ2n) is 6.44. The molecule has 0 saturated heterocycles. The van der Waals surface area contributed by atoms with Crippen LogP contribution in [0.1, 0.15) is 15.9 Å². The molecule has 1 aliphatic heterocycles. The third-order valence-corrected chi connectivity index (χ3v) is 4.70. The van der Waals surface area contributed by atoms with Crippen molar-refractivity contribution in [3.8, 4) is 11.5 Å². The van der Waals surface area contributed by atoms with Crippen LogP contribution < -0.4 is 14.8 Å². The molecule has 1 atom stereocenters. The van der Waals surface area contributed by atoms with Crippen LogP contribution in [-0.2, 0) is 6.42 Å². The summed E-state index contributed by atoms with van der Waals surface area (Å²) in [4.78, 5) is 16.9. The zero-order valence-electron chi connectivity index (χ0n) is 14.6. The minimum absolute atomic E-state index is 0.0795. The molecule has 0 spiro atoms. The molecule has 132 valence electrons. The van der Waals surface area contributed by atoms with E-state index >= 15 is 0 Å². The summed E-state index contributed by atoms with van der Waals surface area (Å²) in [7, 11) is 1.64. The number of hydrogen-bond acceptors (Lipinski definition) is 4. The predicted molar refractivity (Wildman–Crippen MR) is 99.8 cm³/mol. The average molecular weight is 348 g/mol. The molecule has 0 aliphatic carbocycles. The Morgan fingerprint density at radius 2 is 2.19 bits per heavy atom. The molecular weight excluding hydrogens is 328 g/mol. The minimum atomic E-state index is -0.0795. The summed E-state index contributed by atoms with van der Waals surface area (Å²) in [5.41, 5.74) is 2.62. The lowest BCUT2D eigenvalue weighted by molar-refractivity contribution is 0.0940. The van der Waals surface area contributed by atoms with Crippen molar-refractivity contribution < 1.29 is 14.3 Å². The topological polar surface area (TPSA) is 60.5 Å². The molecule has 2 aromatic carbocycles. The lowest BCUT2D eigenvalue weighted by Gasteiger charge is -2.26. The number of nitrogens with one attached hydrogen (secondary N) is 1. The number of amides is 1. The van der Waals surface area contributed by atoms with Gasteiger partial charge in [-0.3, -0.25) is 9.78 Å². The van der Waals surface area contributed by atoms with E-state index in [2.05, 4.69) is 10.3 Å². The maximum absolute atomic E-state index is 12.6. The first-order valence-corrected chi connectivity index (χ1v) is 8.66. The van der Waals surface area contributed by atoms with Crippen LogP contribution in [0.3, 0.4) is 0 Å². The number of rotatable bonds is 4. The van der Waals surface area contributed by atoms with Gasteiger partial charge in [-0.05, 0) is 36.2 Å². The van der Waals surface area contributed by atoms with Gasteiger partial charge in [-0.2, -0.15) is 0 Å². The Kier molecular flexibility index (Phi) is 4.44. The van der Waals surface area contributed by atoms with Crippen molar-refractivity contribution in [2.24, 2.45) is 5.92 Å². The Labute approximate surface area is 152 Å². The molecular formula is C21H20N2O3. The normalized spacial score (nSPS) is 15.8. The molecule has 0 fully saturated rings. The fourth-order valence-electron chi connectivity index (χ4n) is 3.31. The van der Waals surface area contributed by atoms with E-state index < -0.39 is 0 Å². The summed E-state index contributed by atoms with van der Waals surface area (Å²) in [5.74, 6) is 1.82. The lowest BCUT2D eigenvalue weighted by atomic mass is 9.96. The lowest BCUT2D eigenvalue weighted by Crippen LogP contribution is -2.34. The molecule has 5 nitrogen and oxygen atoms in total. The largest absolute Gasteiger partial charge is 0.497 e. The highest BCUT2D eigenvalue weighted by molar-refractivity contribution is 6.06. The van der Waals surface area contributed by atoms with Crippen LogP contribution in [-0.4, -0.2) is 31.2 Å². The van der Waals surface area contributed by atoms with Crippen molar-refractivity contribution in [3.63, 3.8) is 0 Å². The summed E-state index contributed by atoms with van der Waals surface area (Å²) < 4.78 is 11.1. The summed E-state index contributed by atoms with van der Waals surface area (Å²) in [6, 6.07) is 15.2. The fraction of sp³-hybridized carbons (Fsp3) is 0.238. The van der Waals surface area contributed by atoms with Gasteiger partial charge in [0.15, 0.2) is 0 Å². The van der Waals surface area contributed by atoms with Crippen LogP contribution in [0.4, 0.5) is 0 Å². The number of fused-ring (bicyclic) bond motifs is 2. The summed E-state index contributed by atoms with van der Waals surface area (Å²) in [6.45, 7) is 1.15. The third-order valence-electron chi connectivity index (χ3n) is 4.70. The first kappa shape index (κ1) is 16.4. The van der Waals surface area contributed by atoms with Gasteiger partial charge in [0.25, 0.3) is 5.91 Å². The Morgan fingerprint density at radius 1 is 1.27 bits per heavy atom. The molecule has 0 radical (unpaired) electrons. The van der Waals surface area contributed by atoms with Crippen LogP contribution >= 0.6 is 0 Å². The Hall–Kier alpha value is -3.08. The minimum Gasteiger partial charge on any atom is -0.497 e. The quantitative estimate of drug-likeness (QED) is 0.786. The number of pyridine rings is 1. The number of benzene rings is 2. The Balaban J connectivity index is 1.43. The second kappa shape index (κ2) is 7.04. The van der Waals surface area contributed by atoms with Gasteiger partial charge in [-0.15, -0.1) is 0 Å². The van der Waals surface area contributed by atoms with Crippen molar-refractivity contribution in [1.82, 2.24) is 10.3 Å². The maximum atomic E-state index is 12.6. The van der Waals surface area contributed by atoms with Gasteiger partial charge in [0.2, 0.25) is 0 Å². The number of nitrogens with zero attached hydrogens (tertiary/aromatic N) is 1. The summed E-state index contributed by atoms with van der Waals surface area (Å²) in [6.07, 6.45) is 2.60. The monoisotopic (exact) mass is 348 g/mol. The molecule has 3 aromatic rings. The number of aromatic nitrogens is 1. The van der Waals surface area contributed by atoms with Crippen molar-refractivity contribution >= 4 is 16.8 Å². The van der Waals surface area contributed by atoms with E-state index in [1.54, 1.807) is 13.3 Å². The number of methoxy groups -OCH3 is 1. The molecule has 1 aliphatic rings. The standard InChI is InChI=1S/C21H20N2O3/c1-25-16-8-7-15-10-14(13-26-20(15)11-16)12-23-21(24)18-4-2-6-19-17(18)5-3-9-22-19/h2-9,11,14H,10,12-13H2,1H3,(H,23,24)/t14-/m0/s1. The van der Waals surface area contributed by atoms with Crippen molar-refractivity contribution in [1.29, 1.82) is 0 Å². The van der Waals surface area contributed by atoms with Crippen molar-refractivity contribution in [2.45, 2.75) is 6.42 Å². The zero-order valence-corrected chi connectivity index (χ0v) is 14.6. The number of carbonyl (C=O) groups excluding carboxylic acids is 1. The summed E-state index contributed by atoms with van der Waals surface area (Å²) in [5, 5.41) is 3.91. The molecule has 1 N–H and O–H groups in total. The highest BCUT2D eigenvalue weighted by Gasteiger charge is 2.21. The number of hydrogen-bond donors (Lipinski definition) is 1. The van der Waals surface area contributed by atoms with E-state index in [1.165, 1.54) is 0 Å². The molecule has 0 saturated carbocycles. The highest BCUT2D eigenvalue weighted by atomic mass is 16.5. The first-order chi connectivity index (χ1) is 12.7. The number of carbonyl (C=O) groups is 1. The molecule has 2 heterocycles. The van der Waals surface area contributed by atoms with Gasteiger partial charge in [-0.1, -0.05) is 18.2 Å². The third kappa shape index (κ3) is 3.20. The molecule has 0 bridgehead atoms. The van der Waals surface area contributed by atoms with Gasteiger partial charge < -0.3 is 14.8 Å². The fourth-order valence-corrected chi connectivity index (χ4v) is 3.31. The predicted octanol–water partition coefficient (Wildman–Crippen LogP) is 3.22. The van der Waals surface area contributed by atoms with Crippen molar-refractivity contribution in [2.75, 3.05) is 20.3 Å². The zero-order chi connectivity index (χ0) is 17.9. The smallest absolute Gasteiger partial charge is 0.251 e. The van der Waals surface area contributed by atoms with Crippen LogP contribution in [0.25, 0.3) is 10.9 Å². The van der Waals surface area contributed by atoms with Gasteiger partial charge in [-0.25, -0.2) is 0 Å². The molecule has 4 rings (SSSR count). The van der Waals surface area contributed by atoms with Crippen molar-refractivity contribution in [3.05, 3.63) is 65.9 Å². The Morgan fingerprint density at radius 3 is 3.08 bits per heavy atom. The van der Waals surface area contributed by atoms with E-state index in [0.717, 1.165) is 34.4 Å². The van der Waals surface area contributed by atoms with Crippen LogP contribution in [0.2, 0.25) is 0 Å². The molecule has 1 aromatic heterocycles. The second-order valence-corrected chi connectivity index (χ2v) is 6.44. The van der Waals surface area contributed by atoms with E-state index in [0.29, 0.717) is 18.7 Å². The molecule has 26 heavy (non-hydrogen) atoms. The van der Waals surface area contributed by atoms with Gasteiger partial charge in [0.05, 0.1) is 19.2 Å². The van der Waals surface area contributed by atoms with Crippen LogP contribution in [0.5, 0.6) is 11.5 Å². The molecule has 1 amide bonds. The molecule has 0 unspecified atom stereocenters. The Bertz CT molecular complexity index is 950. The van der Waals surface area contributed by atoms with Gasteiger partial charge in [0.1, 0.15) is 11.5 Å². The van der Waals surface area contributed by atoms with Gasteiger partial charge in [0, 0.05) is 35.7 Å². The highest BCUT2D eigenvalue weighted by Crippen LogP contribution is 2.30. The van der Waals surface area contributed by atoms with E-state index in [-0.39, 0.29) is 11.8 Å². The summed E-state index contributed by atoms with van der Waals surface area (Å²) >= 11 is 0. The van der Waals surface area contributed by atoms with Crippen LogP contribution in [0, 0.1) is 5.92 Å². The molecule has 5 heteroatoms. The average Bonchev–Trinajstić information content (AvgIpc) is 2.71. The van der Waals surface area contributed by atoms with E-state index in [4.69, 9.17) is 9.47 Å². The van der Waals surface area contributed by atoms with Gasteiger partial charge >= 0.3 is 0 Å². The first-order valence-electron chi connectivity index (χ1n) is 8.66.